The molecule has 0 bridgehead atoms. The number of hydrogen-bond donors (Lipinski definition) is 0. The van der Waals surface area contributed by atoms with Crippen LogP contribution in [0.2, 0.25) is 0 Å². The maximum atomic E-state index is 10.2. The largest absolute Gasteiger partial charge is 0.423 e. The van der Waals surface area contributed by atoms with Gasteiger partial charge < -0.3 is 4.74 Å². The molecule has 0 aromatic heterocycles. The Morgan fingerprint density at radius 3 is 2.12 bits per heavy atom. The van der Waals surface area contributed by atoms with E-state index < -0.39 is 0 Å². The fourth-order valence-corrected chi connectivity index (χ4v) is 2.03. The third-order valence-corrected chi connectivity index (χ3v) is 2.84. The van der Waals surface area contributed by atoms with Crippen LogP contribution in [0.3, 0.4) is 0 Å². The lowest BCUT2D eigenvalue weighted by Gasteiger charge is -2.03. The van der Waals surface area contributed by atoms with Crippen molar-refractivity contribution in [3.8, 4) is 5.75 Å². The monoisotopic (exact) mass is 221 g/mol. The van der Waals surface area contributed by atoms with E-state index in [2.05, 4.69) is 24.3 Å². The first-order chi connectivity index (χ1) is 8.36. The summed E-state index contributed by atoms with van der Waals surface area (Å²) in [6, 6.07) is 17.9. The van der Waals surface area contributed by atoms with Crippen molar-refractivity contribution in [1.29, 1.82) is 0 Å². The van der Waals surface area contributed by atoms with Gasteiger partial charge in [0.05, 0.1) is 0 Å². The second kappa shape index (κ2) is 3.91. The molecule has 3 aromatic carbocycles. The lowest BCUT2D eigenvalue weighted by atomic mass is 10.0. The SMILES string of the molecule is O=[C]Oc1ccc2cc3ccccc3cc2c1. The van der Waals surface area contributed by atoms with Gasteiger partial charge in [0, 0.05) is 0 Å². The Morgan fingerprint density at radius 2 is 1.41 bits per heavy atom. The summed E-state index contributed by atoms with van der Waals surface area (Å²) >= 11 is 0. The highest BCUT2D eigenvalue weighted by atomic mass is 16.5. The third kappa shape index (κ3) is 1.74. The Hall–Kier alpha value is -2.35. The molecular weight excluding hydrogens is 212 g/mol. The quantitative estimate of drug-likeness (QED) is 0.619. The molecule has 0 N–H and O–H groups in total. The first-order valence-corrected chi connectivity index (χ1v) is 5.33. The van der Waals surface area contributed by atoms with Crippen LogP contribution < -0.4 is 4.74 Å². The minimum atomic E-state index is 0.516. The Morgan fingerprint density at radius 1 is 0.765 bits per heavy atom. The fraction of sp³-hybridized carbons (Fsp3) is 0. The van der Waals surface area contributed by atoms with Gasteiger partial charge >= 0.3 is 6.47 Å². The van der Waals surface area contributed by atoms with Crippen LogP contribution in [0.5, 0.6) is 5.75 Å². The molecule has 2 heteroatoms. The van der Waals surface area contributed by atoms with E-state index in [1.54, 1.807) is 6.07 Å². The number of rotatable bonds is 2. The van der Waals surface area contributed by atoms with Gasteiger partial charge in [-0.25, -0.2) is 4.79 Å². The highest BCUT2D eigenvalue weighted by molar-refractivity contribution is 5.98. The minimum Gasteiger partial charge on any atom is -0.418 e. The second-order valence-corrected chi connectivity index (χ2v) is 3.89. The van der Waals surface area contributed by atoms with Crippen molar-refractivity contribution in [2.75, 3.05) is 0 Å². The van der Waals surface area contributed by atoms with Crippen LogP contribution in [0.25, 0.3) is 21.5 Å². The van der Waals surface area contributed by atoms with Gasteiger partial charge in [-0.3, -0.25) is 0 Å². The van der Waals surface area contributed by atoms with Crippen molar-refractivity contribution in [3.63, 3.8) is 0 Å². The van der Waals surface area contributed by atoms with Crippen LogP contribution >= 0.6 is 0 Å². The van der Waals surface area contributed by atoms with Crippen molar-refractivity contribution in [2.45, 2.75) is 0 Å². The van der Waals surface area contributed by atoms with Crippen LogP contribution in [-0.4, -0.2) is 6.47 Å². The Labute approximate surface area is 98.4 Å². The Balaban J connectivity index is 2.28. The van der Waals surface area contributed by atoms with Crippen molar-refractivity contribution in [1.82, 2.24) is 0 Å². The van der Waals surface area contributed by atoms with Crippen LogP contribution in [0, 0.1) is 0 Å². The normalized spacial score (nSPS) is 10.6. The second-order valence-electron chi connectivity index (χ2n) is 3.89. The van der Waals surface area contributed by atoms with E-state index in [9.17, 15) is 4.79 Å². The van der Waals surface area contributed by atoms with Gasteiger partial charge in [0.1, 0.15) is 5.75 Å². The maximum absolute atomic E-state index is 10.2. The van der Waals surface area contributed by atoms with Gasteiger partial charge in [-0.15, -0.1) is 0 Å². The van der Waals surface area contributed by atoms with Gasteiger partial charge in [0.2, 0.25) is 0 Å². The molecule has 0 atom stereocenters. The van der Waals surface area contributed by atoms with E-state index >= 15 is 0 Å². The summed E-state index contributed by atoms with van der Waals surface area (Å²) < 4.78 is 4.72. The predicted molar refractivity (Wildman–Crippen MR) is 67.8 cm³/mol. The van der Waals surface area contributed by atoms with E-state index in [0.29, 0.717) is 5.75 Å². The van der Waals surface area contributed by atoms with Crippen molar-refractivity contribution >= 4 is 28.0 Å². The minimum absolute atomic E-state index is 0.516. The van der Waals surface area contributed by atoms with Crippen LogP contribution in [0.15, 0.2) is 54.6 Å². The van der Waals surface area contributed by atoms with Crippen molar-refractivity contribution in [2.24, 2.45) is 0 Å². The Kier molecular flexibility index (Phi) is 2.26. The van der Waals surface area contributed by atoms with Crippen LogP contribution in [-0.2, 0) is 4.79 Å². The highest BCUT2D eigenvalue weighted by Gasteiger charge is 2.00. The molecule has 3 rings (SSSR count). The molecule has 0 saturated carbocycles. The number of ether oxygens (including phenoxy) is 1. The molecule has 0 fully saturated rings. The lowest BCUT2D eigenvalue weighted by Crippen LogP contribution is -1.87. The number of carbonyl (C=O) groups excluding carboxylic acids is 1. The molecule has 17 heavy (non-hydrogen) atoms. The van der Waals surface area contributed by atoms with Gasteiger partial charge in [0.25, 0.3) is 0 Å². The molecule has 1 radical (unpaired) electrons. The molecule has 0 saturated heterocycles. The molecule has 0 spiro atoms. The molecule has 0 amide bonds. The highest BCUT2D eigenvalue weighted by Crippen LogP contribution is 2.25. The average molecular weight is 221 g/mol. The first kappa shape index (κ1) is 9.85. The molecule has 2 nitrogen and oxygen atoms in total. The first-order valence-electron chi connectivity index (χ1n) is 5.33. The molecular formula is C15H9O2. The summed E-state index contributed by atoms with van der Waals surface area (Å²) in [7, 11) is 0. The smallest absolute Gasteiger partial charge is 0.418 e. The molecule has 0 unspecified atom stereocenters. The van der Waals surface area contributed by atoms with E-state index in [4.69, 9.17) is 4.74 Å². The molecule has 0 aliphatic rings. The summed E-state index contributed by atoms with van der Waals surface area (Å²) in [6.45, 7) is 1.44. The van der Waals surface area contributed by atoms with Crippen molar-refractivity contribution in [3.05, 3.63) is 54.6 Å². The number of benzene rings is 3. The maximum Gasteiger partial charge on any atom is 0.423 e. The predicted octanol–water partition coefficient (Wildman–Crippen LogP) is 3.44. The van der Waals surface area contributed by atoms with E-state index in [0.717, 1.165) is 10.8 Å². The Bertz CT molecular complexity index is 701. The standard InChI is InChI=1S/C15H9O2/c16-10-17-15-6-5-13-7-11-3-1-2-4-12(11)8-14(13)9-15/h1-9H. The van der Waals surface area contributed by atoms with Gasteiger partial charge in [-0.1, -0.05) is 30.3 Å². The van der Waals surface area contributed by atoms with Gasteiger partial charge in [-0.2, -0.15) is 0 Å². The molecule has 0 aliphatic carbocycles. The molecule has 81 valence electrons. The summed E-state index contributed by atoms with van der Waals surface area (Å²) in [5, 5.41) is 4.56. The average Bonchev–Trinajstić information content (AvgIpc) is 2.36. The fourth-order valence-electron chi connectivity index (χ4n) is 2.03. The lowest BCUT2D eigenvalue weighted by molar-refractivity contribution is 0.443. The van der Waals surface area contributed by atoms with E-state index in [-0.39, 0.29) is 0 Å². The number of hydrogen-bond acceptors (Lipinski definition) is 2. The van der Waals surface area contributed by atoms with Crippen LogP contribution in [0.1, 0.15) is 0 Å². The topological polar surface area (TPSA) is 26.3 Å². The summed E-state index contributed by atoms with van der Waals surface area (Å²) in [5.74, 6) is 0.516. The summed E-state index contributed by atoms with van der Waals surface area (Å²) in [6.07, 6.45) is 0. The summed E-state index contributed by atoms with van der Waals surface area (Å²) in [4.78, 5) is 10.2. The molecule has 0 heterocycles. The zero-order valence-electron chi connectivity index (χ0n) is 9.01. The molecule has 3 aromatic rings. The molecule has 0 aliphatic heterocycles. The van der Waals surface area contributed by atoms with E-state index in [1.807, 2.05) is 24.3 Å². The van der Waals surface area contributed by atoms with E-state index in [1.165, 1.54) is 17.2 Å². The van der Waals surface area contributed by atoms with Gasteiger partial charge in [0.15, 0.2) is 0 Å². The van der Waals surface area contributed by atoms with Crippen molar-refractivity contribution < 1.29 is 9.53 Å². The zero-order valence-corrected chi connectivity index (χ0v) is 9.01. The van der Waals surface area contributed by atoms with Crippen LogP contribution in [0.4, 0.5) is 0 Å². The van der Waals surface area contributed by atoms with Gasteiger partial charge in [-0.05, 0) is 45.8 Å². The summed E-state index contributed by atoms with van der Waals surface area (Å²) in [5.41, 5.74) is 0. The third-order valence-electron chi connectivity index (χ3n) is 2.84. The number of fused-ring (bicyclic) bond motifs is 2. The zero-order chi connectivity index (χ0) is 11.7.